The van der Waals surface area contributed by atoms with E-state index in [4.69, 9.17) is 5.73 Å². The van der Waals surface area contributed by atoms with Gasteiger partial charge in [-0.2, -0.15) is 0 Å². The highest BCUT2D eigenvalue weighted by Crippen LogP contribution is 2.24. The molecule has 1 unspecified atom stereocenters. The van der Waals surface area contributed by atoms with Gasteiger partial charge in [0, 0.05) is 18.5 Å². The highest BCUT2D eigenvalue weighted by atomic mass is 19.1. The molecule has 1 amide bonds. The number of amides is 1. The van der Waals surface area contributed by atoms with Crippen molar-refractivity contribution in [2.75, 3.05) is 10.6 Å². The maximum Gasteiger partial charge on any atom is 0.226 e. The molecule has 0 saturated heterocycles. The fourth-order valence-electron chi connectivity index (χ4n) is 2.28. The SMILES string of the molecule is CC(C)Nc1ccc(F)cc1NC(=O)CC(N)c1ccccc1. The molecule has 0 bridgehead atoms. The van der Waals surface area contributed by atoms with Gasteiger partial charge in [-0.1, -0.05) is 30.3 Å². The standard InChI is InChI=1S/C18H22FN3O/c1-12(2)21-16-9-8-14(19)10-17(16)22-18(23)11-15(20)13-6-4-3-5-7-13/h3-10,12,15,21H,11,20H2,1-2H3,(H,22,23). The molecule has 0 fully saturated rings. The number of anilines is 2. The lowest BCUT2D eigenvalue weighted by Gasteiger charge is -2.17. The predicted octanol–water partition coefficient (Wildman–Crippen LogP) is 3.67. The van der Waals surface area contributed by atoms with Gasteiger partial charge in [0.25, 0.3) is 0 Å². The summed E-state index contributed by atoms with van der Waals surface area (Å²) in [5.41, 5.74) is 8.04. The largest absolute Gasteiger partial charge is 0.381 e. The zero-order valence-electron chi connectivity index (χ0n) is 13.3. The van der Waals surface area contributed by atoms with Crippen LogP contribution < -0.4 is 16.4 Å². The normalized spacial score (nSPS) is 12.0. The van der Waals surface area contributed by atoms with Gasteiger partial charge in [0.2, 0.25) is 5.91 Å². The van der Waals surface area contributed by atoms with Crippen molar-refractivity contribution in [3.63, 3.8) is 0 Å². The lowest BCUT2D eigenvalue weighted by molar-refractivity contribution is -0.116. The van der Waals surface area contributed by atoms with Gasteiger partial charge < -0.3 is 16.4 Å². The third-order valence-corrected chi connectivity index (χ3v) is 3.33. The minimum atomic E-state index is -0.401. The lowest BCUT2D eigenvalue weighted by Crippen LogP contribution is -2.21. The molecule has 0 aliphatic carbocycles. The molecule has 122 valence electrons. The van der Waals surface area contributed by atoms with Crippen LogP contribution in [-0.2, 0) is 4.79 Å². The molecule has 0 aliphatic heterocycles. The van der Waals surface area contributed by atoms with Crippen molar-refractivity contribution in [3.8, 4) is 0 Å². The monoisotopic (exact) mass is 315 g/mol. The van der Waals surface area contributed by atoms with Crippen LogP contribution in [0.3, 0.4) is 0 Å². The highest BCUT2D eigenvalue weighted by Gasteiger charge is 2.14. The maximum atomic E-state index is 13.5. The van der Waals surface area contributed by atoms with E-state index in [1.165, 1.54) is 12.1 Å². The summed E-state index contributed by atoms with van der Waals surface area (Å²) < 4.78 is 13.5. The average Bonchev–Trinajstić information content (AvgIpc) is 2.50. The molecule has 0 saturated carbocycles. The third kappa shape index (κ3) is 5.07. The van der Waals surface area contributed by atoms with Crippen molar-refractivity contribution in [2.24, 2.45) is 5.73 Å². The Morgan fingerprint density at radius 3 is 2.48 bits per heavy atom. The third-order valence-electron chi connectivity index (χ3n) is 3.33. The molecule has 4 N–H and O–H groups in total. The summed E-state index contributed by atoms with van der Waals surface area (Å²) in [7, 11) is 0. The predicted molar refractivity (Wildman–Crippen MR) is 91.8 cm³/mol. The van der Waals surface area contributed by atoms with Gasteiger partial charge in [0.05, 0.1) is 11.4 Å². The fraction of sp³-hybridized carbons (Fsp3) is 0.278. The first-order valence-corrected chi connectivity index (χ1v) is 7.62. The zero-order valence-corrected chi connectivity index (χ0v) is 13.3. The molecule has 0 spiro atoms. The highest BCUT2D eigenvalue weighted by molar-refractivity contribution is 5.94. The summed E-state index contributed by atoms with van der Waals surface area (Å²) in [6, 6.07) is 13.5. The lowest BCUT2D eigenvalue weighted by atomic mass is 10.0. The van der Waals surface area contributed by atoms with Crippen LogP contribution in [0.5, 0.6) is 0 Å². The van der Waals surface area contributed by atoms with Crippen molar-refractivity contribution in [1.29, 1.82) is 0 Å². The van der Waals surface area contributed by atoms with Crippen LogP contribution in [0.4, 0.5) is 15.8 Å². The van der Waals surface area contributed by atoms with Gasteiger partial charge >= 0.3 is 0 Å². The van der Waals surface area contributed by atoms with E-state index < -0.39 is 11.9 Å². The quantitative estimate of drug-likeness (QED) is 0.762. The Bertz CT molecular complexity index is 659. The Morgan fingerprint density at radius 1 is 1.13 bits per heavy atom. The van der Waals surface area contributed by atoms with Crippen molar-refractivity contribution in [1.82, 2.24) is 0 Å². The molecule has 0 aromatic heterocycles. The molecule has 5 heteroatoms. The topological polar surface area (TPSA) is 67.1 Å². The number of benzene rings is 2. The van der Waals surface area contributed by atoms with E-state index >= 15 is 0 Å². The van der Waals surface area contributed by atoms with E-state index in [0.29, 0.717) is 11.4 Å². The van der Waals surface area contributed by atoms with Gasteiger partial charge in [-0.05, 0) is 37.6 Å². The Morgan fingerprint density at radius 2 is 1.83 bits per heavy atom. The molecule has 2 aromatic rings. The Labute approximate surface area is 135 Å². The van der Waals surface area contributed by atoms with Crippen LogP contribution in [-0.4, -0.2) is 11.9 Å². The van der Waals surface area contributed by atoms with E-state index in [-0.39, 0.29) is 18.4 Å². The number of nitrogens with one attached hydrogen (secondary N) is 2. The minimum absolute atomic E-state index is 0.127. The van der Waals surface area contributed by atoms with Crippen molar-refractivity contribution >= 4 is 17.3 Å². The van der Waals surface area contributed by atoms with E-state index in [0.717, 1.165) is 5.56 Å². The molecule has 2 rings (SSSR count). The summed E-state index contributed by atoms with van der Waals surface area (Å²) in [6.07, 6.45) is 0.127. The first-order chi connectivity index (χ1) is 11.0. The van der Waals surface area contributed by atoms with Crippen molar-refractivity contribution in [3.05, 3.63) is 59.9 Å². The maximum absolute atomic E-state index is 13.5. The Kier molecular flexibility index (Phi) is 5.71. The first-order valence-electron chi connectivity index (χ1n) is 7.62. The zero-order chi connectivity index (χ0) is 16.8. The molecular weight excluding hydrogens is 293 g/mol. The molecule has 0 radical (unpaired) electrons. The molecule has 0 heterocycles. The van der Waals surface area contributed by atoms with E-state index in [9.17, 15) is 9.18 Å². The fourth-order valence-corrected chi connectivity index (χ4v) is 2.28. The van der Waals surface area contributed by atoms with Gasteiger partial charge in [0.1, 0.15) is 5.82 Å². The summed E-state index contributed by atoms with van der Waals surface area (Å²) in [6.45, 7) is 3.94. The molecular formula is C18H22FN3O. The van der Waals surface area contributed by atoms with Crippen LogP contribution in [0.25, 0.3) is 0 Å². The number of rotatable bonds is 6. The van der Waals surface area contributed by atoms with E-state index in [1.54, 1.807) is 6.07 Å². The summed E-state index contributed by atoms with van der Waals surface area (Å²) >= 11 is 0. The first kappa shape index (κ1) is 17.0. The Balaban J connectivity index is 2.06. The van der Waals surface area contributed by atoms with E-state index in [1.807, 2.05) is 44.2 Å². The molecule has 2 aromatic carbocycles. The molecule has 0 aliphatic rings. The van der Waals surface area contributed by atoms with Crippen LogP contribution in [0.2, 0.25) is 0 Å². The summed E-state index contributed by atoms with van der Waals surface area (Å²) in [5.74, 6) is -0.652. The number of nitrogens with two attached hydrogens (primary N) is 1. The van der Waals surface area contributed by atoms with Gasteiger partial charge in [-0.3, -0.25) is 4.79 Å². The van der Waals surface area contributed by atoms with Crippen LogP contribution in [0.15, 0.2) is 48.5 Å². The Hall–Kier alpha value is -2.40. The number of halogens is 1. The number of carbonyl (C=O) groups excluding carboxylic acids is 1. The smallest absolute Gasteiger partial charge is 0.226 e. The molecule has 4 nitrogen and oxygen atoms in total. The van der Waals surface area contributed by atoms with Gasteiger partial charge in [-0.15, -0.1) is 0 Å². The summed E-state index contributed by atoms with van der Waals surface area (Å²) in [5, 5.41) is 5.91. The van der Waals surface area contributed by atoms with Crippen LogP contribution >= 0.6 is 0 Å². The number of carbonyl (C=O) groups is 1. The second kappa shape index (κ2) is 7.74. The second-order valence-corrected chi connectivity index (χ2v) is 5.76. The van der Waals surface area contributed by atoms with Gasteiger partial charge in [0.15, 0.2) is 0 Å². The second-order valence-electron chi connectivity index (χ2n) is 5.76. The average molecular weight is 315 g/mol. The number of hydrogen-bond acceptors (Lipinski definition) is 3. The number of hydrogen-bond donors (Lipinski definition) is 3. The summed E-state index contributed by atoms with van der Waals surface area (Å²) in [4.78, 5) is 12.2. The van der Waals surface area contributed by atoms with Crippen LogP contribution in [0.1, 0.15) is 31.9 Å². The minimum Gasteiger partial charge on any atom is -0.381 e. The molecule has 23 heavy (non-hydrogen) atoms. The molecule has 1 atom stereocenters. The van der Waals surface area contributed by atoms with Crippen LogP contribution in [0, 0.1) is 5.82 Å². The van der Waals surface area contributed by atoms with Crippen molar-refractivity contribution < 1.29 is 9.18 Å². The van der Waals surface area contributed by atoms with Crippen molar-refractivity contribution in [2.45, 2.75) is 32.4 Å². The van der Waals surface area contributed by atoms with Gasteiger partial charge in [-0.25, -0.2) is 4.39 Å². The van der Waals surface area contributed by atoms with E-state index in [2.05, 4.69) is 10.6 Å².